The van der Waals surface area contributed by atoms with E-state index in [1.165, 1.54) is 16.5 Å². The highest BCUT2D eigenvalue weighted by Gasteiger charge is 2.04. The number of benzene rings is 3. The number of aryl methyl sites for hydroxylation is 2. The molecule has 0 bridgehead atoms. The maximum Gasteiger partial charge on any atom is 0.224 e. The lowest BCUT2D eigenvalue weighted by Crippen LogP contribution is -2.12. The summed E-state index contributed by atoms with van der Waals surface area (Å²) in [5, 5.41) is 5.31. The topological polar surface area (TPSA) is 29.1 Å². The number of fused-ring (bicyclic) bond motifs is 1. The number of anilines is 1. The first-order valence-electron chi connectivity index (χ1n) is 8.11. The Balaban J connectivity index is 1.59. The smallest absolute Gasteiger partial charge is 0.224 e. The molecule has 0 unspecified atom stereocenters. The van der Waals surface area contributed by atoms with E-state index in [-0.39, 0.29) is 5.91 Å². The summed E-state index contributed by atoms with van der Waals surface area (Å²) < 4.78 is 0. The van der Waals surface area contributed by atoms with E-state index >= 15 is 0 Å². The lowest BCUT2D eigenvalue weighted by atomic mass is 10.1. The van der Waals surface area contributed by atoms with Crippen LogP contribution in [0, 0.1) is 0 Å². The molecule has 0 heterocycles. The van der Waals surface area contributed by atoms with Gasteiger partial charge in [0, 0.05) is 12.1 Å². The number of amides is 1. The second-order valence-electron chi connectivity index (χ2n) is 5.78. The number of hydrogen-bond donors (Lipinski definition) is 1. The number of carbonyl (C=O) groups is 1. The van der Waals surface area contributed by atoms with Crippen molar-refractivity contribution in [2.24, 2.45) is 0 Å². The molecular formula is C21H21NO. The van der Waals surface area contributed by atoms with Gasteiger partial charge in [-0.3, -0.25) is 4.79 Å². The molecule has 0 radical (unpaired) electrons. The van der Waals surface area contributed by atoms with E-state index in [2.05, 4.69) is 48.6 Å². The predicted octanol–water partition coefficient (Wildman–Crippen LogP) is 4.97. The van der Waals surface area contributed by atoms with E-state index < -0.39 is 0 Å². The van der Waals surface area contributed by atoms with Crippen LogP contribution in [-0.2, 0) is 17.6 Å². The minimum absolute atomic E-state index is 0.0554. The molecule has 0 atom stereocenters. The Kier molecular flexibility index (Phi) is 4.72. The Morgan fingerprint density at radius 1 is 0.870 bits per heavy atom. The van der Waals surface area contributed by atoms with Crippen LogP contribution in [0.2, 0.25) is 0 Å². The van der Waals surface area contributed by atoms with E-state index in [9.17, 15) is 4.79 Å². The van der Waals surface area contributed by atoms with Gasteiger partial charge in [-0.2, -0.15) is 0 Å². The molecule has 1 amide bonds. The van der Waals surface area contributed by atoms with E-state index in [0.29, 0.717) is 6.42 Å². The van der Waals surface area contributed by atoms with Crippen LogP contribution in [0.25, 0.3) is 10.8 Å². The molecule has 2 heteroatoms. The zero-order chi connectivity index (χ0) is 16.1. The van der Waals surface area contributed by atoms with Gasteiger partial charge in [0.05, 0.1) is 0 Å². The molecule has 1 N–H and O–H groups in total. The van der Waals surface area contributed by atoms with Crippen molar-refractivity contribution in [3.8, 4) is 0 Å². The van der Waals surface area contributed by atoms with Crippen molar-refractivity contribution in [1.29, 1.82) is 0 Å². The van der Waals surface area contributed by atoms with Gasteiger partial charge < -0.3 is 5.32 Å². The molecule has 2 nitrogen and oxygen atoms in total. The number of nitrogens with one attached hydrogen (secondary N) is 1. The molecule has 0 aromatic heterocycles. The molecule has 0 aliphatic carbocycles. The third-order valence-electron chi connectivity index (χ3n) is 4.11. The molecule has 0 aliphatic heterocycles. The van der Waals surface area contributed by atoms with Gasteiger partial charge in [-0.25, -0.2) is 0 Å². The Morgan fingerprint density at radius 2 is 1.57 bits per heavy atom. The molecule has 3 rings (SSSR count). The largest absolute Gasteiger partial charge is 0.326 e. The second-order valence-corrected chi connectivity index (χ2v) is 5.78. The summed E-state index contributed by atoms with van der Waals surface area (Å²) >= 11 is 0. The normalized spacial score (nSPS) is 10.7. The van der Waals surface area contributed by atoms with Gasteiger partial charge in [0.15, 0.2) is 0 Å². The first-order chi connectivity index (χ1) is 11.2. The minimum Gasteiger partial charge on any atom is -0.326 e. The predicted molar refractivity (Wildman–Crippen MR) is 96.7 cm³/mol. The number of hydrogen-bond acceptors (Lipinski definition) is 1. The summed E-state index contributed by atoms with van der Waals surface area (Å²) in [6.07, 6.45) is 2.31. The quantitative estimate of drug-likeness (QED) is 0.708. The Hall–Kier alpha value is -2.61. The van der Waals surface area contributed by atoms with Crippen LogP contribution in [0.15, 0.2) is 66.7 Å². The fourth-order valence-corrected chi connectivity index (χ4v) is 2.69. The van der Waals surface area contributed by atoms with Crippen molar-refractivity contribution < 1.29 is 4.79 Å². The van der Waals surface area contributed by atoms with Crippen LogP contribution in [0.4, 0.5) is 5.69 Å². The van der Waals surface area contributed by atoms with Crippen LogP contribution in [-0.4, -0.2) is 5.91 Å². The summed E-state index contributed by atoms with van der Waals surface area (Å²) in [6.45, 7) is 2.14. The Labute approximate surface area is 137 Å². The van der Waals surface area contributed by atoms with Crippen LogP contribution >= 0.6 is 0 Å². The van der Waals surface area contributed by atoms with Gasteiger partial charge in [-0.15, -0.1) is 0 Å². The van der Waals surface area contributed by atoms with Gasteiger partial charge in [-0.05, 0) is 46.9 Å². The fourth-order valence-electron chi connectivity index (χ4n) is 2.69. The van der Waals surface area contributed by atoms with Crippen molar-refractivity contribution in [2.75, 3.05) is 5.32 Å². The first-order valence-corrected chi connectivity index (χ1v) is 8.11. The van der Waals surface area contributed by atoms with E-state index in [1.807, 2.05) is 30.3 Å². The average molecular weight is 303 g/mol. The summed E-state index contributed by atoms with van der Waals surface area (Å²) in [4.78, 5) is 12.1. The highest BCUT2D eigenvalue weighted by Crippen LogP contribution is 2.19. The molecular weight excluding hydrogens is 282 g/mol. The third-order valence-corrected chi connectivity index (χ3v) is 4.11. The molecule has 23 heavy (non-hydrogen) atoms. The molecule has 0 saturated heterocycles. The maximum absolute atomic E-state index is 12.1. The fraction of sp³-hybridized carbons (Fsp3) is 0.190. The van der Waals surface area contributed by atoms with Crippen LogP contribution in [0.1, 0.15) is 24.5 Å². The average Bonchev–Trinajstić information content (AvgIpc) is 2.60. The van der Waals surface area contributed by atoms with Gasteiger partial charge in [-0.1, -0.05) is 61.5 Å². The van der Waals surface area contributed by atoms with Gasteiger partial charge in [0.2, 0.25) is 5.91 Å². The van der Waals surface area contributed by atoms with Gasteiger partial charge >= 0.3 is 0 Å². The SMILES string of the molecule is CCc1ccc(CCC(=O)Nc2ccc3ccccc3c2)cc1. The highest BCUT2D eigenvalue weighted by atomic mass is 16.1. The zero-order valence-electron chi connectivity index (χ0n) is 13.4. The third kappa shape index (κ3) is 3.98. The lowest BCUT2D eigenvalue weighted by molar-refractivity contribution is -0.116. The van der Waals surface area contributed by atoms with Crippen LogP contribution < -0.4 is 5.32 Å². The summed E-state index contributed by atoms with van der Waals surface area (Å²) in [7, 11) is 0. The standard InChI is InChI=1S/C21H21NO/c1-2-16-7-9-17(10-8-16)11-14-21(23)22-20-13-12-18-5-3-4-6-19(18)15-20/h3-10,12-13,15H,2,11,14H2,1H3,(H,22,23). The zero-order valence-corrected chi connectivity index (χ0v) is 13.4. The molecule has 0 saturated carbocycles. The summed E-state index contributed by atoms with van der Waals surface area (Å²) in [6, 6.07) is 22.7. The monoisotopic (exact) mass is 303 g/mol. The lowest BCUT2D eigenvalue weighted by Gasteiger charge is -2.07. The summed E-state index contributed by atoms with van der Waals surface area (Å²) in [5.74, 6) is 0.0554. The van der Waals surface area contributed by atoms with Crippen LogP contribution in [0.5, 0.6) is 0 Å². The van der Waals surface area contributed by atoms with Crippen molar-refractivity contribution in [3.63, 3.8) is 0 Å². The first kappa shape index (κ1) is 15.3. The van der Waals surface area contributed by atoms with E-state index in [1.54, 1.807) is 0 Å². The molecule has 0 spiro atoms. The molecule has 116 valence electrons. The minimum atomic E-state index is 0.0554. The van der Waals surface area contributed by atoms with Crippen molar-refractivity contribution in [2.45, 2.75) is 26.2 Å². The second kappa shape index (κ2) is 7.10. The highest BCUT2D eigenvalue weighted by molar-refractivity contribution is 5.94. The van der Waals surface area contributed by atoms with Gasteiger partial charge in [0.1, 0.15) is 0 Å². The van der Waals surface area contributed by atoms with E-state index in [4.69, 9.17) is 0 Å². The maximum atomic E-state index is 12.1. The van der Waals surface area contributed by atoms with Crippen LogP contribution in [0.3, 0.4) is 0 Å². The Morgan fingerprint density at radius 3 is 2.30 bits per heavy atom. The number of carbonyl (C=O) groups excluding carboxylic acids is 1. The number of rotatable bonds is 5. The summed E-state index contributed by atoms with van der Waals surface area (Å²) in [5.41, 5.74) is 3.39. The van der Waals surface area contributed by atoms with Gasteiger partial charge in [0.25, 0.3) is 0 Å². The Bertz CT molecular complexity index is 805. The molecule has 0 fully saturated rings. The van der Waals surface area contributed by atoms with E-state index in [0.717, 1.165) is 23.9 Å². The molecule has 3 aromatic rings. The molecule has 3 aromatic carbocycles. The van der Waals surface area contributed by atoms with Crippen molar-refractivity contribution in [1.82, 2.24) is 0 Å². The molecule has 0 aliphatic rings. The van der Waals surface area contributed by atoms with Crippen molar-refractivity contribution >= 4 is 22.4 Å². The van der Waals surface area contributed by atoms with Crippen molar-refractivity contribution in [3.05, 3.63) is 77.9 Å².